The highest BCUT2D eigenvalue weighted by molar-refractivity contribution is 6.01. The Kier molecular flexibility index (Phi) is 8.09. The number of amidine groups is 1. The minimum atomic E-state index is -0.847. The van der Waals surface area contributed by atoms with Gasteiger partial charge in [-0.05, 0) is 55.2 Å². The van der Waals surface area contributed by atoms with Crippen LogP contribution in [0.4, 0.5) is 5.69 Å². The van der Waals surface area contributed by atoms with Gasteiger partial charge in [0.05, 0.1) is 18.2 Å². The number of likely N-dealkylation sites (tertiary alicyclic amines) is 1. The zero-order valence-electron chi connectivity index (χ0n) is 20.6. The molecule has 1 saturated heterocycles. The molecule has 2 aromatic rings. The van der Waals surface area contributed by atoms with E-state index in [4.69, 9.17) is 20.8 Å². The number of oxime groups is 1. The van der Waals surface area contributed by atoms with Crippen molar-refractivity contribution in [3.8, 4) is 5.75 Å². The van der Waals surface area contributed by atoms with E-state index in [2.05, 4.69) is 10.5 Å². The highest BCUT2D eigenvalue weighted by atomic mass is 16.5. The van der Waals surface area contributed by atoms with Gasteiger partial charge in [0, 0.05) is 30.8 Å². The number of rotatable bonds is 8. The normalized spacial score (nSPS) is 16.0. The fraction of sp³-hybridized carbons (Fsp3) is 0.346. The number of hydrogen-bond donors (Lipinski definition) is 4. The molecule has 2 heterocycles. The van der Waals surface area contributed by atoms with Crippen LogP contribution < -0.4 is 20.7 Å². The molecule has 2 aliphatic heterocycles. The second-order valence-corrected chi connectivity index (χ2v) is 9.13. The molecule has 0 saturated carbocycles. The average Bonchev–Trinajstić information content (AvgIpc) is 2.94. The van der Waals surface area contributed by atoms with E-state index in [1.807, 2.05) is 6.07 Å². The number of carboxylic acids is 1. The third-order valence-electron chi connectivity index (χ3n) is 6.72. The summed E-state index contributed by atoms with van der Waals surface area (Å²) in [7, 11) is 0. The van der Waals surface area contributed by atoms with E-state index in [-0.39, 0.29) is 30.8 Å². The lowest BCUT2D eigenvalue weighted by atomic mass is 9.97. The predicted octanol–water partition coefficient (Wildman–Crippen LogP) is 0.802. The molecule has 0 atom stereocenters. The third kappa shape index (κ3) is 6.02. The van der Waals surface area contributed by atoms with Crippen molar-refractivity contribution in [3.05, 3.63) is 59.2 Å². The van der Waals surface area contributed by atoms with E-state index < -0.39 is 17.8 Å². The standard InChI is InChI=1S/C26H29N5O7/c27-24(29-37)18-4-5-20-21(13-18)38-15-23(33)31(20)11-6-16-2-1-3-19(12-16)25(34)28-14-22(32)30-9-7-17(8-10-30)26(35)36/h1-5,12-13,17,37H,6-11,14-15H2,(H2,27,29)(H,28,34)(H,35,36). The molecule has 12 heteroatoms. The number of anilines is 1. The Hall–Kier alpha value is -4.61. The summed E-state index contributed by atoms with van der Waals surface area (Å²) in [5, 5.41) is 23.6. The smallest absolute Gasteiger partial charge is 0.306 e. The van der Waals surface area contributed by atoms with E-state index in [0.29, 0.717) is 61.5 Å². The van der Waals surface area contributed by atoms with Crippen molar-refractivity contribution in [2.75, 3.05) is 37.7 Å². The molecule has 2 aliphatic rings. The number of carbonyl (C=O) groups excluding carboxylic acids is 3. The highest BCUT2D eigenvalue weighted by Gasteiger charge is 2.28. The molecule has 3 amide bonds. The molecule has 38 heavy (non-hydrogen) atoms. The summed E-state index contributed by atoms with van der Waals surface area (Å²) >= 11 is 0. The minimum absolute atomic E-state index is 0.0700. The Bertz CT molecular complexity index is 1270. The zero-order chi connectivity index (χ0) is 27.2. The number of benzene rings is 2. The maximum absolute atomic E-state index is 12.7. The molecule has 0 aromatic heterocycles. The molecular weight excluding hydrogens is 494 g/mol. The van der Waals surface area contributed by atoms with Crippen molar-refractivity contribution in [2.24, 2.45) is 16.8 Å². The molecule has 5 N–H and O–H groups in total. The molecule has 0 spiro atoms. The molecular formula is C26H29N5O7. The van der Waals surface area contributed by atoms with E-state index >= 15 is 0 Å². The molecule has 200 valence electrons. The molecule has 0 unspecified atom stereocenters. The van der Waals surface area contributed by atoms with Crippen LogP contribution in [0.1, 0.15) is 34.3 Å². The van der Waals surface area contributed by atoms with Crippen LogP contribution in [0.3, 0.4) is 0 Å². The first-order chi connectivity index (χ1) is 18.3. The second kappa shape index (κ2) is 11.6. The fourth-order valence-electron chi connectivity index (χ4n) is 4.52. The fourth-order valence-corrected chi connectivity index (χ4v) is 4.52. The Morgan fingerprint density at radius 1 is 1.11 bits per heavy atom. The molecule has 4 rings (SSSR count). The molecule has 12 nitrogen and oxygen atoms in total. The van der Waals surface area contributed by atoms with Crippen LogP contribution in [-0.2, 0) is 20.8 Å². The van der Waals surface area contributed by atoms with Gasteiger partial charge in [0.25, 0.3) is 11.8 Å². The van der Waals surface area contributed by atoms with Crippen molar-refractivity contribution >= 4 is 35.2 Å². The van der Waals surface area contributed by atoms with Gasteiger partial charge in [0.1, 0.15) is 5.75 Å². The van der Waals surface area contributed by atoms with E-state index in [9.17, 15) is 19.2 Å². The number of amides is 3. The number of nitrogens with zero attached hydrogens (tertiary/aromatic N) is 3. The first-order valence-corrected chi connectivity index (χ1v) is 12.2. The van der Waals surface area contributed by atoms with Gasteiger partial charge >= 0.3 is 5.97 Å². The van der Waals surface area contributed by atoms with Gasteiger partial charge in [-0.3, -0.25) is 19.2 Å². The number of carboxylic acid groups (broad SMARTS) is 1. The largest absolute Gasteiger partial charge is 0.482 e. The van der Waals surface area contributed by atoms with Crippen LogP contribution in [0.5, 0.6) is 5.75 Å². The van der Waals surface area contributed by atoms with E-state index in [1.165, 1.54) is 0 Å². The second-order valence-electron chi connectivity index (χ2n) is 9.13. The lowest BCUT2D eigenvalue weighted by molar-refractivity contribution is -0.145. The Morgan fingerprint density at radius 3 is 2.58 bits per heavy atom. The number of fused-ring (bicyclic) bond motifs is 1. The van der Waals surface area contributed by atoms with Crippen molar-refractivity contribution in [3.63, 3.8) is 0 Å². The Morgan fingerprint density at radius 2 is 1.87 bits per heavy atom. The summed E-state index contributed by atoms with van der Waals surface area (Å²) in [6.07, 6.45) is 1.27. The average molecular weight is 524 g/mol. The van der Waals surface area contributed by atoms with Crippen molar-refractivity contribution < 1.29 is 34.2 Å². The SMILES string of the molecule is N/C(=N\O)c1ccc2c(c1)OCC(=O)N2CCc1cccc(C(=O)NCC(=O)N2CCC(C(=O)O)CC2)c1. The number of hydrogen-bond acceptors (Lipinski definition) is 7. The predicted molar refractivity (Wildman–Crippen MR) is 136 cm³/mol. The van der Waals surface area contributed by atoms with Gasteiger partial charge in [-0.25, -0.2) is 0 Å². The molecule has 1 fully saturated rings. The van der Waals surface area contributed by atoms with E-state index in [1.54, 1.807) is 46.2 Å². The van der Waals surface area contributed by atoms with Gasteiger partial charge in [0.15, 0.2) is 12.4 Å². The van der Waals surface area contributed by atoms with Gasteiger partial charge < -0.3 is 35.9 Å². The molecule has 0 bridgehead atoms. The van der Waals surface area contributed by atoms with Gasteiger partial charge in [-0.2, -0.15) is 0 Å². The monoisotopic (exact) mass is 523 g/mol. The number of nitrogens with two attached hydrogens (primary N) is 1. The van der Waals surface area contributed by atoms with Crippen molar-refractivity contribution in [2.45, 2.75) is 19.3 Å². The first-order valence-electron chi connectivity index (χ1n) is 12.2. The number of piperidine rings is 1. The van der Waals surface area contributed by atoms with Crippen LogP contribution in [0.2, 0.25) is 0 Å². The van der Waals surface area contributed by atoms with Crippen molar-refractivity contribution in [1.82, 2.24) is 10.2 Å². The van der Waals surface area contributed by atoms with Crippen LogP contribution >= 0.6 is 0 Å². The van der Waals surface area contributed by atoms with Gasteiger partial charge in [-0.15, -0.1) is 0 Å². The highest BCUT2D eigenvalue weighted by Crippen LogP contribution is 2.33. The first kappa shape index (κ1) is 26.5. The summed E-state index contributed by atoms with van der Waals surface area (Å²) in [5.41, 5.74) is 7.88. The minimum Gasteiger partial charge on any atom is -0.482 e. The lowest BCUT2D eigenvalue weighted by Gasteiger charge is -2.30. The number of aliphatic carboxylic acids is 1. The van der Waals surface area contributed by atoms with Crippen LogP contribution in [0.15, 0.2) is 47.6 Å². The lowest BCUT2D eigenvalue weighted by Crippen LogP contribution is -2.45. The molecule has 2 aromatic carbocycles. The Balaban J connectivity index is 1.34. The van der Waals surface area contributed by atoms with Gasteiger partial charge in [0.2, 0.25) is 5.91 Å². The van der Waals surface area contributed by atoms with Crippen molar-refractivity contribution in [1.29, 1.82) is 0 Å². The summed E-state index contributed by atoms with van der Waals surface area (Å²) in [4.78, 5) is 51.9. The van der Waals surface area contributed by atoms with Crippen LogP contribution in [0.25, 0.3) is 0 Å². The molecule has 0 aliphatic carbocycles. The summed E-state index contributed by atoms with van der Waals surface area (Å²) in [6, 6.07) is 11.8. The third-order valence-corrected chi connectivity index (χ3v) is 6.72. The maximum atomic E-state index is 12.7. The summed E-state index contributed by atoms with van der Waals surface area (Å²) in [6.45, 7) is 0.737. The van der Waals surface area contributed by atoms with E-state index in [0.717, 1.165) is 5.56 Å². The Labute approximate surface area is 218 Å². The van der Waals surface area contributed by atoms with Crippen LogP contribution in [-0.4, -0.2) is 77.5 Å². The number of nitrogens with one attached hydrogen (secondary N) is 1. The van der Waals surface area contributed by atoms with Crippen LogP contribution in [0, 0.1) is 5.92 Å². The number of carbonyl (C=O) groups is 4. The summed E-state index contributed by atoms with van der Waals surface area (Å²) < 4.78 is 5.52. The quantitative estimate of drug-likeness (QED) is 0.170. The summed E-state index contributed by atoms with van der Waals surface area (Å²) in [5.74, 6) is -1.77. The van der Waals surface area contributed by atoms with Gasteiger partial charge in [-0.1, -0.05) is 17.3 Å². The zero-order valence-corrected chi connectivity index (χ0v) is 20.6. The topological polar surface area (TPSA) is 175 Å². The maximum Gasteiger partial charge on any atom is 0.306 e. The number of ether oxygens (including phenoxy) is 1. The molecule has 0 radical (unpaired) electrons.